The van der Waals surface area contributed by atoms with E-state index in [-0.39, 0.29) is 17.6 Å². The molecule has 0 aliphatic heterocycles. The topological polar surface area (TPSA) is 88.1 Å². The predicted molar refractivity (Wildman–Crippen MR) is 111 cm³/mol. The molecule has 7 nitrogen and oxygen atoms in total. The van der Waals surface area contributed by atoms with Crippen LogP contribution in [0.1, 0.15) is 49.2 Å². The summed E-state index contributed by atoms with van der Waals surface area (Å²) in [5.74, 6) is 2.01. The normalized spacial score (nSPS) is 20.8. The fraction of sp³-hybridized carbons (Fsp3) is 0.364. The summed E-state index contributed by atoms with van der Waals surface area (Å²) in [5.41, 5.74) is 1.63. The SMILES string of the molecule is C=CNc1ncc2nnc([C@H]3C[C@H](Oc4ccc(C#N)c(F)c4)C[C@H]3CC)n2c1C. The standard InChI is InChI=1S/C22H23FN6O/c1-4-14-8-17(30-16-7-6-15(11-24)19(23)10-16)9-18(14)22-28-27-20-12-26-21(25-5-2)13(3)29(20)22/h5-7,10,12,14,17-18,25H,2,4,8-9H2,1,3H3/t14-,17-,18+/m1/s1. The van der Waals surface area contributed by atoms with Gasteiger partial charge < -0.3 is 10.1 Å². The minimum Gasteiger partial charge on any atom is -0.490 e. The van der Waals surface area contributed by atoms with Gasteiger partial charge in [0.25, 0.3) is 0 Å². The number of anilines is 1. The number of rotatable bonds is 6. The molecule has 1 fully saturated rings. The minimum atomic E-state index is -0.564. The summed E-state index contributed by atoms with van der Waals surface area (Å²) in [6, 6.07) is 6.20. The molecule has 2 aromatic heterocycles. The van der Waals surface area contributed by atoms with Gasteiger partial charge in [-0.3, -0.25) is 4.40 Å². The molecule has 1 aliphatic rings. The number of hydrogen-bond donors (Lipinski definition) is 1. The van der Waals surface area contributed by atoms with Crippen LogP contribution in [0.2, 0.25) is 0 Å². The fourth-order valence-electron chi connectivity index (χ4n) is 4.33. The highest BCUT2D eigenvalue weighted by atomic mass is 19.1. The van der Waals surface area contributed by atoms with Crippen LogP contribution in [0.25, 0.3) is 5.65 Å². The lowest BCUT2D eigenvalue weighted by Crippen LogP contribution is -2.13. The van der Waals surface area contributed by atoms with Gasteiger partial charge in [0.15, 0.2) is 5.65 Å². The second kappa shape index (κ2) is 8.11. The third-order valence-electron chi connectivity index (χ3n) is 5.81. The van der Waals surface area contributed by atoms with Crippen molar-refractivity contribution in [2.45, 2.75) is 45.1 Å². The number of nitrogens with zero attached hydrogens (tertiary/aromatic N) is 5. The first-order valence-electron chi connectivity index (χ1n) is 10.00. The zero-order valence-corrected chi connectivity index (χ0v) is 17.0. The molecule has 0 spiro atoms. The van der Waals surface area contributed by atoms with Crippen LogP contribution in [-0.4, -0.2) is 25.7 Å². The lowest BCUT2D eigenvalue weighted by atomic mass is 9.93. The Bertz CT molecular complexity index is 1130. The maximum Gasteiger partial charge on any atom is 0.179 e. The van der Waals surface area contributed by atoms with E-state index >= 15 is 0 Å². The highest BCUT2D eigenvalue weighted by Gasteiger charge is 2.38. The fourth-order valence-corrected chi connectivity index (χ4v) is 4.33. The quantitative estimate of drug-likeness (QED) is 0.655. The molecule has 154 valence electrons. The van der Waals surface area contributed by atoms with Crippen LogP contribution in [0.3, 0.4) is 0 Å². The Kier molecular flexibility index (Phi) is 5.36. The molecule has 0 amide bonds. The van der Waals surface area contributed by atoms with Crippen LogP contribution in [0.5, 0.6) is 5.75 Å². The van der Waals surface area contributed by atoms with Crippen molar-refractivity contribution in [3.63, 3.8) is 0 Å². The van der Waals surface area contributed by atoms with Gasteiger partial charge in [-0.05, 0) is 44.0 Å². The summed E-state index contributed by atoms with van der Waals surface area (Å²) >= 11 is 0. The summed E-state index contributed by atoms with van der Waals surface area (Å²) in [6.07, 6.45) is 5.80. The molecule has 2 heterocycles. The van der Waals surface area contributed by atoms with Crippen molar-refractivity contribution < 1.29 is 9.13 Å². The van der Waals surface area contributed by atoms with E-state index in [4.69, 9.17) is 10.00 Å². The highest BCUT2D eigenvalue weighted by Crippen LogP contribution is 2.43. The Hall–Kier alpha value is -3.47. The molecular weight excluding hydrogens is 383 g/mol. The van der Waals surface area contributed by atoms with E-state index in [1.807, 2.05) is 17.4 Å². The molecule has 4 rings (SSSR count). The van der Waals surface area contributed by atoms with E-state index in [2.05, 4.69) is 34.0 Å². The van der Waals surface area contributed by atoms with Crippen molar-refractivity contribution in [3.8, 4) is 11.8 Å². The number of fused-ring (bicyclic) bond motifs is 1. The lowest BCUT2D eigenvalue weighted by Gasteiger charge is -2.17. The second-order valence-corrected chi connectivity index (χ2v) is 7.53. The summed E-state index contributed by atoms with van der Waals surface area (Å²) in [4.78, 5) is 4.38. The number of ether oxygens (including phenoxy) is 1. The van der Waals surface area contributed by atoms with Crippen LogP contribution in [-0.2, 0) is 0 Å². The Balaban J connectivity index is 1.62. The molecule has 0 saturated heterocycles. The molecular formula is C22H23FN6O. The first-order chi connectivity index (χ1) is 14.5. The third kappa shape index (κ3) is 3.47. The van der Waals surface area contributed by atoms with Gasteiger partial charge in [0.05, 0.1) is 23.6 Å². The first-order valence-corrected chi connectivity index (χ1v) is 10.00. The Morgan fingerprint density at radius 3 is 2.93 bits per heavy atom. The van der Waals surface area contributed by atoms with Crippen molar-refractivity contribution in [2.24, 2.45) is 5.92 Å². The molecule has 1 N–H and O–H groups in total. The maximum atomic E-state index is 13.9. The summed E-state index contributed by atoms with van der Waals surface area (Å²) < 4.78 is 22.1. The molecule has 30 heavy (non-hydrogen) atoms. The minimum absolute atomic E-state index is 0.0148. The molecule has 8 heteroatoms. The third-order valence-corrected chi connectivity index (χ3v) is 5.81. The molecule has 0 bridgehead atoms. The van der Waals surface area contributed by atoms with Crippen LogP contribution >= 0.6 is 0 Å². The molecule has 1 saturated carbocycles. The van der Waals surface area contributed by atoms with Gasteiger partial charge in [0.1, 0.15) is 29.3 Å². The van der Waals surface area contributed by atoms with Crippen molar-refractivity contribution in [2.75, 3.05) is 5.32 Å². The molecule has 1 aliphatic carbocycles. The first kappa shape index (κ1) is 19.8. The lowest BCUT2D eigenvalue weighted by molar-refractivity contribution is 0.202. The van der Waals surface area contributed by atoms with Crippen LogP contribution in [0.4, 0.5) is 10.2 Å². The zero-order valence-electron chi connectivity index (χ0n) is 17.0. The maximum absolute atomic E-state index is 13.9. The second-order valence-electron chi connectivity index (χ2n) is 7.53. The van der Waals surface area contributed by atoms with Crippen LogP contribution in [0, 0.1) is 30.0 Å². The van der Waals surface area contributed by atoms with Crippen molar-refractivity contribution in [1.29, 1.82) is 5.26 Å². The van der Waals surface area contributed by atoms with E-state index in [9.17, 15) is 4.39 Å². The number of nitrogens with one attached hydrogen (secondary N) is 1. The van der Waals surface area contributed by atoms with Crippen molar-refractivity contribution in [3.05, 3.63) is 60.1 Å². The molecule has 3 aromatic rings. The van der Waals surface area contributed by atoms with E-state index < -0.39 is 5.82 Å². The Labute approximate surface area is 174 Å². The molecule has 0 unspecified atom stereocenters. The number of hydrogen-bond acceptors (Lipinski definition) is 6. The summed E-state index contributed by atoms with van der Waals surface area (Å²) in [5, 5.41) is 20.7. The van der Waals surface area contributed by atoms with E-state index in [1.54, 1.807) is 18.5 Å². The number of nitriles is 1. The summed E-state index contributed by atoms with van der Waals surface area (Å²) in [6.45, 7) is 7.84. The van der Waals surface area contributed by atoms with Gasteiger partial charge in [0, 0.05) is 12.0 Å². The largest absolute Gasteiger partial charge is 0.490 e. The van der Waals surface area contributed by atoms with E-state index in [1.165, 1.54) is 12.1 Å². The monoisotopic (exact) mass is 406 g/mol. The van der Waals surface area contributed by atoms with Crippen LogP contribution < -0.4 is 10.1 Å². The Morgan fingerprint density at radius 2 is 2.23 bits per heavy atom. The smallest absolute Gasteiger partial charge is 0.179 e. The number of halogens is 1. The molecule has 0 radical (unpaired) electrons. The van der Waals surface area contributed by atoms with Gasteiger partial charge in [-0.1, -0.05) is 19.9 Å². The van der Waals surface area contributed by atoms with Gasteiger partial charge >= 0.3 is 0 Å². The van der Waals surface area contributed by atoms with Crippen LogP contribution in [0.15, 0.2) is 37.2 Å². The predicted octanol–water partition coefficient (Wildman–Crippen LogP) is 4.35. The average molecular weight is 406 g/mol. The van der Waals surface area contributed by atoms with E-state index in [0.29, 0.717) is 23.1 Å². The number of aryl methyl sites for hydroxylation is 1. The number of aromatic nitrogens is 4. The average Bonchev–Trinajstić information content (AvgIpc) is 3.34. The van der Waals surface area contributed by atoms with Gasteiger partial charge in [-0.2, -0.15) is 5.26 Å². The van der Waals surface area contributed by atoms with Crippen molar-refractivity contribution in [1.82, 2.24) is 19.6 Å². The van der Waals surface area contributed by atoms with Gasteiger partial charge in [-0.25, -0.2) is 9.37 Å². The van der Waals surface area contributed by atoms with Crippen molar-refractivity contribution >= 4 is 11.5 Å². The molecule has 3 atom stereocenters. The highest BCUT2D eigenvalue weighted by molar-refractivity contribution is 5.50. The molecule has 1 aromatic carbocycles. The Morgan fingerprint density at radius 1 is 1.40 bits per heavy atom. The van der Waals surface area contributed by atoms with Gasteiger partial charge in [0.2, 0.25) is 0 Å². The number of benzene rings is 1. The van der Waals surface area contributed by atoms with Gasteiger partial charge in [-0.15, -0.1) is 10.2 Å². The zero-order chi connectivity index (χ0) is 21.3. The van der Waals surface area contributed by atoms with E-state index in [0.717, 1.165) is 30.8 Å². The summed E-state index contributed by atoms with van der Waals surface area (Å²) in [7, 11) is 0.